The summed E-state index contributed by atoms with van der Waals surface area (Å²) in [6.07, 6.45) is 2.30. The number of nitrogens with zero attached hydrogens (tertiary/aromatic N) is 1. The topological polar surface area (TPSA) is 49.8 Å². The zero-order chi connectivity index (χ0) is 13.5. The van der Waals surface area contributed by atoms with Crippen molar-refractivity contribution in [2.45, 2.75) is 32.0 Å². The molecule has 2 rings (SSSR count). The Morgan fingerprint density at radius 2 is 2.10 bits per heavy atom. The van der Waals surface area contributed by atoms with E-state index in [2.05, 4.69) is 17.0 Å². The standard InChI is InChI=1S/C15H21NO3.Li.H/c17-15(18)7-4-9-16-10-8-14(11-16)19-12-13-5-2-1-3-6-13;;/h1-3,5-6,14H,4,7-12H2,(H,17,18);;. The van der Waals surface area contributed by atoms with Crippen molar-refractivity contribution < 1.29 is 14.6 Å². The van der Waals surface area contributed by atoms with Crippen molar-refractivity contribution in [2.75, 3.05) is 19.6 Å². The Balaban J connectivity index is 0.00000200. The van der Waals surface area contributed by atoms with E-state index in [1.54, 1.807) is 0 Å². The van der Waals surface area contributed by atoms with E-state index in [9.17, 15) is 4.79 Å². The summed E-state index contributed by atoms with van der Waals surface area (Å²) in [5.74, 6) is -0.712. The molecule has 0 saturated carbocycles. The third kappa shape index (κ3) is 6.11. The number of rotatable bonds is 7. The molecule has 1 atom stereocenters. The zero-order valence-corrected chi connectivity index (χ0v) is 11.1. The van der Waals surface area contributed by atoms with Crippen LogP contribution in [0, 0.1) is 0 Å². The van der Waals surface area contributed by atoms with Crippen LogP contribution in [0.3, 0.4) is 0 Å². The number of aliphatic carboxylic acids is 1. The third-order valence-corrected chi connectivity index (χ3v) is 3.42. The normalized spacial score (nSPS) is 18.7. The Bertz CT molecular complexity index is 399. The summed E-state index contributed by atoms with van der Waals surface area (Å²) in [4.78, 5) is 12.7. The van der Waals surface area contributed by atoms with Crippen LogP contribution in [0.4, 0.5) is 0 Å². The number of carbonyl (C=O) groups is 1. The van der Waals surface area contributed by atoms with Gasteiger partial charge in [0.1, 0.15) is 0 Å². The van der Waals surface area contributed by atoms with Crippen LogP contribution in [-0.2, 0) is 16.1 Å². The molecular formula is C15H22LiNO3. The molecule has 1 aromatic rings. The van der Waals surface area contributed by atoms with Crippen LogP contribution in [0.15, 0.2) is 30.3 Å². The van der Waals surface area contributed by atoms with Crippen molar-refractivity contribution in [3.8, 4) is 0 Å². The minimum atomic E-state index is -0.712. The molecule has 106 valence electrons. The van der Waals surface area contributed by atoms with Gasteiger partial charge in [0.2, 0.25) is 0 Å². The summed E-state index contributed by atoms with van der Waals surface area (Å²) in [5, 5.41) is 8.61. The molecule has 1 aliphatic rings. The molecular weight excluding hydrogens is 249 g/mol. The fraction of sp³-hybridized carbons (Fsp3) is 0.533. The van der Waals surface area contributed by atoms with Gasteiger partial charge in [-0.2, -0.15) is 0 Å². The molecule has 0 radical (unpaired) electrons. The van der Waals surface area contributed by atoms with Gasteiger partial charge >= 0.3 is 24.8 Å². The quantitative estimate of drug-likeness (QED) is 0.763. The molecule has 1 aromatic carbocycles. The molecule has 1 fully saturated rings. The summed E-state index contributed by atoms with van der Waals surface area (Å²) in [5.41, 5.74) is 1.20. The van der Waals surface area contributed by atoms with Crippen molar-refractivity contribution in [1.82, 2.24) is 4.90 Å². The predicted molar refractivity (Wildman–Crippen MR) is 80.1 cm³/mol. The average molecular weight is 271 g/mol. The van der Waals surface area contributed by atoms with E-state index in [0.717, 1.165) is 32.5 Å². The van der Waals surface area contributed by atoms with Crippen LogP contribution >= 0.6 is 0 Å². The summed E-state index contributed by atoms with van der Waals surface area (Å²) in [7, 11) is 0. The maximum atomic E-state index is 10.5. The first-order valence-electron chi connectivity index (χ1n) is 6.84. The van der Waals surface area contributed by atoms with Gasteiger partial charge in [-0.1, -0.05) is 30.3 Å². The van der Waals surface area contributed by atoms with Gasteiger partial charge in [0.25, 0.3) is 0 Å². The Morgan fingerprint density at radius 3 is 2.80 bits per heavy atom. The van der Waals surface area contributed by atoms with E-state index in [1.165, 1.54) is 5.56 Å². The molecule has 1 unspecified atom stereocenters. The molecule has 5 heteroatoms. The second-order valence-corrected chi connectivity index (χ2v) is 5.01. The van der Waals surface area contributed by atoms with Gasteiger partial charge in [-0.3, -0.25) is 4.79 Å². The number of hydrogen-bond acceptors (Lipinski definition) is 3. The molecule has 0 aromatic heterocycles. The summed E-state index contributed by atoms with van der Waals surface area (Å²) >= 11 is 0. The van der Waals surface area contributed by atoms with Crippen molar-refractivity contribution in [1.29, 1.82) is 0 Å². The van der Waals surface area contributed by atoms with E-state index in [1.807, 2.05) is 18.2 Å². The second kappa shape index (κ2) is 9.20. The molecule has 0 bridgehead atoms. The van der Waals surface area contributed by atoms with Gasteiger partial charge < -0.3 is 14.7 Å². The monoisotopic (exact) mass is 271 g/mol. The van der Waals surface area contributed by atoms with Crippen LogP contribution in [0.2, 0.25) is 0 Å². The van der Waals surface area contributed by atoms with Crippen LogP contribution in [0.1, 0.15) is 24.8 Å². The second-order valence-electron chi connectivity index (χ2n) is 5.01. The van der Waals surface area contributed by atoms with E-state index in [-0.39, 0.29) is 31.4 Å². The first-order valence-corrected chi connectivity index (χ1v) is 6.84. The number of ether oxygens (including phenoxy) is 1. The number of carboxylic acid groups (broad SMARTS) is 1. The Hall–Kier alpha value is -0.793. The van der Waals surface area contributed by atoms with Crippen LogP contribution in [0.5, 0.6) is 0 Å². The van der Waals surface area contributed by atoms with Gasteiger partial charge in [-0.25, -0.2) is 0 Å². The molecule has 1 heterocycles. The summed E-state index contributed by atoms with van der Waals surface area (Å²) < 4.78 is 5.89. The molecule has 4 nitrogen and oxygen atoms in total. The van der Waals surface area contributed by atoms with Gasteiger partial charge in [-0.05, 0) is 24.9 Å². The van der Waals surface area contributed by atoms with Crippen molar-refractivity contribution in [2.24, 2.45) is 0 Å². The Labute approximate surface area is 132 Å². The van der Waals surface area contributed by atoms with Gasteiger partial charge in [0.15, 0.2) is 0 Å². The molecule has 1 saturated heterocycles. The van der Waals surface area contributed by atoms with E-state index >= 15 is 0 Å². The summed E-state index contributed by atoms with van der Waals surface area (Å²) in [6, 6.07) is 10.2. The van der Waals surface area contributed by atoms with Crippen LogP contribution in [0.25, 0.3) is 0 Å². The molecule has 0 spiro atoms. The third-order valence-electron chi connectivity index (χ3n) is 3.42. The number of carboxylic acids is 1. The molecule has 0 amide bonds. The molecule has 1 N–H and O–H groups in total. The maximum absolute atomic E-state index is 10.5. The Morgan fingerprint density at radius 1 is 1.35 bits per heavy atom. The van der Waals surface area contributed by atoms with Crippen LogP contribution in [-0.4, -0.2) is 60.6 Å². The predicted octanol–water partition coefficient (Wildman–Crippen LogP) is 1.49. The van der Waals surface area contributed by atoms with Crippen LogP contribution < -0.4 is 0 Å². The van der Waals surface area contributed by atoms with E-state index < -0.39 is 5.97 Å². The van der Waals surface area contributed by atoms with Crippen molar-refractivity contribution >= 4 is 24.8 Å². The number of hydrogen-bond donors (Lipinski definition) is 1. The van der Waals surface area contributed by atoms with Crippen molar-refractivity contribution in [3.63, 3.8) is 0 Å². The van der Waals surface area contributed by atoms with Gasteiger partial charge in [0.05, 0.1) is 12.7 Å². The molecule has 1 aliphatic heterocycles. The minimum absolute atomic E-state index is 0. The van der Waals surface area contributed by atoms with E-state index in [4.69, 9.17) is 9.84 Å². The van der Waals surface area contributed by atoms with E-state index in [0.29, 0.717) is 6.61 Å². The first-order chi connectivity index (χ1) is 9.24. The number of benzene rings is 1. The fourth-order valence-corrected chi connectivity index (χ4v) is 2.38. The SMILES string of the molecule is O=C(O)CCCN1CCC(OCc2ccccc2)C1.[LiH]. The molecule has 0 aliphatic carbocycles. The molecule has 20 heavy (non-hydrogen) atoms. The first kappa shape index (κ1) is 17.3. The fourth-order valence-electron chi connectivity index (χ4n) is 2.38. The average Bonchev–Trinajstić information content (AvgIpc) is 2.85. The van der Waals surface area contributed by atoms with Gasteiger partial charge in [0, 0.05) is 19.5 Å². The number of likely N-dealkylation sites (tertiary alicyclic amines) is 1. The Kier molecular flexibility index (Phi) is 7.94. The zero-order valence-electron chi connectivity index (χ0n) is 11.1. The van der Waals surface area contributed by atoms with Gasteiger partial charge in [-0.15, -0.1) is 0 Å². The van der Waals surface area contributed by atoms with Crippen molar-refractivity contribution in [3.05, 3.63) is 35.9 Å². The summed E-state index contributed by atoms with van der Waals surface area (Å²) in [6.45, 7) is 3.46.